The van der Waals surface area contributed by atoms with Gasteiger partial charge < -0.3 is 9.64 Å². The SMILES string of the molecule is O=C1C2CC(CN2Cc2ccc(Cl)cc2)Oc2ccccc2N1Cc1ccccc1. The Bertz CT molecular complexity index is 1040. The molecule has 0 saturated carbocycles. The number of carbonyl (C=O) groups is 1. The van der Waals surface area contributed by atoms with Crippen molar-refractivity contribution in [2.24, 2.45) is 0 Å². The maximum Gasteiger partial charge on any atom is 0.244 e. The fourth-order valence-corrected chi connectivity index (χ4v) is 4.52. The molecule has 2 unspecified atom stereocenters. The predicted molar refractivity (Wildman–Crippen MR) is 119 cm³/mol. The van der Waals surface area contributed by atoms with E-state index in [2.05, 4.69) is 17.0 Å². The fraction of sp³-hybridized carbons (Fsp3) is 0.240. The minimum Gasteiger partial charge on any atom is -0.487 e. The fourth-order valence-electron chi connectivity index (χ4n) is 4.39. The first-order chi connectivity index (χ1) is 14.7. The van der Waals surface area contributed by atoms with E-state index in [1.807, 2.05) is 71.6 Å². The van der Waals surface area contributed by atoms with Crippen molar-refractivity contribution >= 4 is 23.2 Å². The highest BCUT2D eigenvalue weighted by Gasteiger charge is 2.42. The van der Waals surface area contributed by atoms with Gasteiger partial charge in [-0.1, -0.05) is 66.2 Å². The number of halogens is 1. The lowest BCUT2D eigenvalue weighted by Crippen LogP contribution is -2.45. The van der Waals surface area contributed by atoms with Crippen molar-refractivity contribution in [3.05, 3.63) is 95.0 Å². The van der Waals surface area contributed by atoms with Crippen molar-refractivity contribution in [1.82, 2.24) is 4.90 Å². The van der Waals surface area contributed by atoms with Gasteiger partial charge in [0.1, 0.15) is 11.9 Å². The number of anilines is 1. The van der Waals surface area contributed by atoms with Crippen molar-refractivity contribution < 1.29 is 9.53 Å². The molecule has 152 valence electrons. The molecule has 2 aliphatic rings. The average molecular weight is 419 g/mol. The van der Waals surface area contributed by atoms with Gasteiger partial charge in [0, 0.05) is 24.5 Å². The summed E-state index contributed by atoms with van der Waals surface area (Å²) >= 11 is 6.04. The highest BCUT2D eigenvalue weighted by Crippen LogP contribution is 2.37. The van der Waals surface area contributed by atoms with Crippen LogP contribution in [0.3, 0.4) is 0 Å². The number of carbonyl (C=O) groups excluding carboxylic acids is 1. The molecule has 4 nitrogen and oxygen atoms in total. The molecule has 5 heteroatoms. The zero-order valence-electron chi connectivity index (χ0n) is 16.6. The van der Waals surface area contributed by atoms with E-state index in [0.29, 0.717) is 19.5 Å². The summed E-state index contributed by atoms with van der Waals surface area (Å²) in [7, 11) is 0. The summed E-state index contributed by atoms with van der Waals surface area (Å²) in [5.74, 6) is 0.907. The van der Waals surface area contributed by atoms with E-state index in [1.54, 1.807) is 0 Å². The van der Waals surface area contributed by atoms with Crippen LogP contribution >= 0.6 is 11.6 Å². The topological polar surface area (TPSA) is 32.8 Å². The third kappa shape index (κ3) is 3.81. The van der Waals surface area contributed by atoms with Crippen molar-refractivity contribution in [3.8, 4) is 5.75 Å². The molecule has 1 amide bonds. The van der Waals surface area contributed by atoms with Crippen molar-refractivity contribution in [1.29, 1.82) is 0 Å². The van der Waals surface area contributed by atoms with E-state index in [1.165, 1.54) is 0 Å². The largest absolute Gasteiger partial charge is 0.487 e. The first-order valence-corrected chi connectivity index (χ1v) is 10.6. The second-order valence-electron chi connectivity index (χ2n) is 7.92. The smallest absolute Gasteiger partial charge is 0.244 e. The summed E-state index contributed by atoms with van der Waals surface area (Å²) in [5.41, 5.74) is 3.08. The third-order valence-corrected chi connectivity index (χ3v) is 6.10. The Balaban J connectivity index is 1.48. The van der Waals surface area contributed by atoms with Gasteiger partial charge in [-0.05, 0) is 35.4 Å². The number of fused-ring (bicyclic) bond motifs is 3. The maximum atomic E-state index is 13.8. The number of benzene rings is 3. The van der Waals surface area contributed by atoms with Crippen LogP contribution in [-0.2, 0) is 17.9 Å². The van der Waals surface area contributed by atoms with Gasteiger partial charge in [0.15, 0.2) is 0 Å². The Morgan fingerprint density at radius 2 is 1.57 bits per heavy atom. The van der Waals surface area contributed by atoms with Crippen molar-refractivity contribution in [3.63, 3.8) is 0 Å². The van der Waals surface area contributed by atoms with Crippen LogP contribution in [0.1, 0.15) is 17.5 Å². The highest BCUT2D eigenvalue weighted by molar-refractivity contribution is 6.30. The zero-order chi connectivity index (χ0) is 20.5. The van der Waals surface area contributed by atoms with Gasteiger partial charge in [-0.2, -0.15) is 0 Å². The summed E-state index contributed by atoms with van der Waals surface area (Å²) < 4.78 is 6.37. The van der Waals surface area contributed by atoms with Crippen LogP contribution in [0.25, 0.3) is 0 Å². The van der Waals surface area contributed by atoms with Crippen LogP contribution in [0, 0.1) is 0 Å². The van der Waals surface area contributed by atoms with Crippen LogP contribution in [0.4, 0.5) is 5.69 Å². The molecule has 0 spiro atoms. The number of nitrogens with zero attached hydrogens (tertiary/aromatic N) is 2. The number of hydrogen-bond acceptors (Lipinski definition) is 3. The van der Waals surface area contributed by atoms with Gasteiger partial charge in [0.25, 0.3) is 0 Å². The number of amides is 1. The molecule has 0 N–H and O–H groups in total. The molecule has 2 bridgehead atoms. The summed E-state index contributed by atoms with van der Waals surface area (Å²) in [5, 5.41) is 0.719. The molecular weight excluding hydrogens is 396 g/mol. The van der Waals surface area contributed by atoms with Gasteiger partial charge in [0.2, 0.25) is 5.91 Å². The lowest BCUT2D eigenvalue weighted by atomic mass is 10.1. The molecule has 5 rings (SSSR count). The first kappa shape index (κ1) is 19.2. The molecule has 3 aromatic carbocycles. The Morgan fingerprint density at radius 3 is 2.37 bits per heavy atom. The quantitative estimate of drug-likeness (QED) is 0.603. The van der Waals surface area contributed by atoms with Crippen molar-refractivity contribution in [2.75, 3.05) is 11.4 Å². The van der Waals surface area contributed by atoms with Crippen LogP contribution in [0.2, 0.25) is 5.02 Å². The third-order valence-electron chi connectivity index (χ3n) is 5.85. The van der Waals surface area contributed by atoms with E-state index in [0.717, 1.165) is 34.1 Å². The second kappa shape index (κ2) is 8.13. The lowest BCUT2D eigenvalue weighted by Gasteiger charge is -2.32. The van der Waals surface area contributed by atoms with E-state index in [9.17, 15) is 4.79 Å². The van der Waals surface area contributed by atoms with Crippen molar-refractivity contribution in [2.45, 2.75) is 31.7 Å². The normalized spacial score (nSPS) is 21.0. The standard InChI is InChI=1S/C25H23ClN2O2/c26-20-12-10-19(11-13-20)15-27-17-21-14-23(27)25(29)28(16-18-6-2-1-3-7-18)22-8-4-5-9-24(22)30-21/h1-13,21,23H,14-17H2. The Kier molecular flexibility index (Phi) is 5.19. The van der Waals surface area contributed by atoms with Gasteiger partial charge in [-0.3, -0.25) is 9.69 Å². The van der Waals surface area contributed by atoms with Crippen LogP contribution in [-0.4, -0.2) is 29.5 Å². The lowest BCUT2D eigenvalue weighted by molar-refractivity contribution is -0.123. The molecule has 30 heavy (non-hydrogen) atoms. The van der Waals surface area contributed by atoms with Crippen LogP contribution in [0.15, 0.2) is 78.9 Å². The monoisotopic (exact) mass is 418 g/mol. The summed E-state index contributed by atoms with van der Waals surface area (Å²) in [6.07, 6.45) is 0.706. The number of ether oxygens (including phenoxy) is 1. The van der Waals surface area contributed by atoms with Gasteiger partial charge in [-0.15, -0.1) is 0 Å². The highest BCUT2D eigenvalue weighted by atomic mass is 35.5. The Hall–Kier alpha value is -2.82. The van der Waals surface area contributed by atoms with Gasteiger partial charge in [0.05, 0.1) is 18.3 Å². The number of rotatable bonds is 4. The van der Waals surface area contributed by atoms with E-state index < -0.39 is 0 Å². The van der Waals surface area contributed by atoms with Gasteiger partial charge >= 0.3 is 0 Å². The Morgan fingerprint density at radius 1 is 0.867 bits per heavy atom. The minimum absolute atomic E-state index is 0.00581. The van der Waals surface area contributed by atoms with Crippen LogP contribution in [0.5, 0.6) is 5.75 Å². The molecular formula is C25H23ClN2O2. The molecule has 0 aliphatic carbocycles. The number of para-hydroxylation sites is 2. The molecule has 1 saturated heterocycles. The summed E-state index contributed by atoms with van der Waals surface area (Å²) in [4.78, 5) is 17.9. The predicted octanol–water partition coefficient (Wildman–Crippen LogP) is 4.91. The molecule has 0 radical (unpaired) electrons. The average Bonchev–Trinajstić information content (AvgIpc) is 3.17. The van der Waals surface area contributed by atoms with E-state index in [-0.39, 0.29) is 18.1 Å². The summed E-state index contributed by atoms with van der Waals surface area (Å²) in [6, 6.07) is 25.6. The number of likely N-dealkylation sites (tertiary alicyclic amines) is 1. The Labute approximate surface area is 181 Å². The first-order valence-electron chi connectivity index (χ1n) is 10.3. The molecule has 2 heterocycles. The molecule has 1 fully saturated rings. The van der Waals surface area contributed by atoms with E-state index in [4.69, 9.17) is 16.3 Å². The zero-order valence-corrected chi connectivity index (χ0v) is 17.3. The molecule has 3 aromatic rings. The minimum atomic E-state index is -0.206. The molecule has 2 atom stereocenters. The molecule has 2 aliphatic heterocycles. The van der Waals surface area contributed by atoms with Crippen LogP contribution < -0.4 is 9.64 Å². The molecule has 0 aromatic heterocycles. The summed E-state index contributed by atoms with van der Waals surface area (Å²) in [6.45, 7) is 1.95. The van der Waals surface area contributed by atoms with Gasteiger partial charge in [-0.25, -0.2) is 0 Å². The second-order valence-corrected chi connectivity index (χ2v) is 8.36. The van der Waals surface area contributed by atoms with E-state index >= 15 is 0 Å². The number of hydrogen-bond donors (Lipinski definition) is 0. The maximum absolute atomic E-state index is 13.8.